The molecule has 2 saturated carbocycles. The van der Waals surface area contributed by atoms with Gasteiger partial charge in [0.15, 0.2) is 17.3 Å². The number of hydrogen-bond donors (Lipinski definition) is 1. The number of nitrogens with zero attached hydrogens (tertiary/aromatic N) is 8. The Hall–Kier alpha value is -3.67. The normalized spacial score (nSPS) is 15.5. The predicted octanol–water partition coefficient (Wildman–Crippen LogP) is 3.77. The van der Waals surface area contributed by atoms with Crippen molar-refractivity contribution in [3.63, 3.8) is 0 Å². The monoisotopic (exact) mass is 517 g/mol. The molecular formula is C25H27N9O2S. The minimum atomic E-state index is -0.210. The fourth-order valence-corrected chi connectivity index (χ4v) is 5.06. The molecule has 12 heteroatoms. The van der Waals surface area contributed by atoms with Crippen LogP contribution >= 0.6 is 11.8 Å². The summed E-state index contributed by atoms with van der Waals surface area (Å²) in [5.41, 5.74) is 2.41. The Bertz CT molecular complexity index is 1500. The number of hydrogen-bond acceptors (Lipinski definition) is 11. The molecule has 0 saturated heterocycles. The predicted molar refractivity (Wildman–Crippen MR) is 140 cm³/mol. The van der Waals surface area contributed by atoms with Gasteiger partial charge in [-0.05, 0) is 37.9 Å². The van der Waals surface area contributed by atoms with Crippen molar-refractivity contribution in [3.05, 3.63) is 46.8 Å². The average Bonchev–Trinajstić information content (AvgIpc) is 3.74. The largest absolute Gasteiger partial charge is 0.480 e. The maximum atomic E-state index is 13.6. The summed E-state index contributed by atoms with van der Waals surface area (Å²) >= 11 is 1.68. The lowest BCUT2D eigenvalue weighted by Gasteiger charge is -2.28. The van der Waals surface area contributed by atoms with E-state index in [2.05, 4.69) is 42.1 Å². The summed E-state index contributed by atoms with van der Waals surface area (Å²) in [5.74, 6) is 3.02. The molecule has 190 valence electrons. The van der Waals surface area contributed by atoms with Gasteiger partial charge >= 0.3 is 0 Å². The maximum Gasteiger partial charge on any atom is 0.295 e. The summed E-state index contributed by atoms with van der Waals surface area (Å²) in [4.78, 5) is 46.3. The third-order valence-corrected chi connectivity index (χ3v) is 7.53. The highest BCUT2D eigenvalue weighted by atomic mass is 32.2. The number of aromatic nitrogens is 8. The van der Waals surface area contributed by atoms with Gasteiger partial charge in [0.2, 0.25) is 5.88 Å². The van der Waals surface area contributed by atoms with Gasteiger partial charge in [-0.2, -0.15) is 0 Å². The molecule has 0 spiro atoms. The van der Waals surface area contributed by atoms with Crippen molar-refractivity contribution < 1.29 is 4.74 Å². The van der Waals surface area contributed by atoms with Crippen LogP contribution in [-0.4, -0.2) is 52.3 Å². The quantitative estimate of drug-likeness (QED) is 0.325. The van der Waals surface area contributed by atoms with E-state index in [9.17, 15) is 4.79 Å². The number of nitrogens with one attached hydrogen (secondary N) is 1. The van der Waals surface area contributed by atoms with Crippen molar-refractivity contribution in [2.24, 2.45) is 0 Å². The molecule has 6 rings (SSSR count). The molecule has 2 fully saturated rings. The Kier molecular flexibility index (Phi) is 6.41. The Morgan fingerprint density at radius 1 is 1.05 bits per heavy atom. The van der Waals surface area contributed by atoms with Gasteiger partial charge in [-0.1, -0.05) is 6.92 Å². The molecule has 0 aromatic carbocycles. The molecule has 2 aliphatic carbocycles. The standard InChI is InChI=1S/C25H27N9O2S/c1-3-37-16-9-26-18(27-10-16)12-29-22-25(35)34(15-5-4-6-15)23-17(32-22)11-28-21(33-23)19-20(14-7-8-14)30-13-31-24(19)36-2/h9-11,13-15H,3-8,12H2,1-2H3,(H,29,32). The zero-order valence-electron chi connectivity index (χ0n) is 20.7. The van der Waals surface area contributed by atoms with E-state index in [0.29, 0.717) is 40.2 Å². The van der Waals surface area contributed by atoms with Gasteiger partial charge in [0.25, 0.3) is 5.56 Å². The Balaban J connectivity index is 1.39. The average molecular weight is 518 g/mol. The summed E-state index contributed by atoms with van der Waals surface area (Å²) in [6, 6.07) is 0.0692. The van der Waals surface area contributed by atoms with E-state index < -0.39 is 0 Å². The highest BCUT2D eigenvalue weighted by Gasteiger charge is 2.32. The zero-order valence-corrected chi connectivity index (χ0v) is 21.5. The van der Waals surface area contributed by atoms with E-state index in [4.69, 9.17) is 9.72 Å². The molecule has 0 atom stereocenters. The molecule has 0 radical (unpaired) electrons. The first-order valence-corrected chi connectivity index (χ1v) is 13.5. The molecule has 1 N–H and O–H groups in total. The molecule has 0 unspecified atom stereocenters. The van der Waals surface area contributed by atoms with E-state index in [1.165, 1.54) is 6.33 Å². The number of rotatable bonds is 9. The molecule has 2 aliphatic rings. The Morgan fingerprint density at radius 2 is 1.86 bits per heavy atom. The number of ether oxygens (including phenoxy) is 1. The second-order valence-corrected chi connectivity index (χ2v) is 10.5. The van der Waals surface area contributed by atoms with E-state index in [0.717, 1.165) is 48.4 Å². The summed E-state index contributed by atoms with van der Waals surface area (Å²) in [6.07, 6.45) is 11.8. The van der Waals surface area contributed by atoms with Crippen molar-refractivity contribution in [1.82, 2.24) is 39.5 Å². The van der Waals surface area contributed by atoms with Crippen LogP contribution in [0, 0.1) is 0 Å². The Morgan fingerprint density at radius 3 is 2.54 bits per heavy atom. The zero-order chi connectivity index (χ0) is 25.4. The van der Waals surface area contributed by atoms with Crippen molar-refractivity contribution in [2.75, 3.05) is 18.2 Å². The smallest absolute Gasteiger partial charge is 0.295 e. The minimum Gasteiger partial charge on any atom is -0.480 e. The summed E-state index contributed by atoms with van der Waals surface area (Å²) in [5, 5.41) is 3.14. The fourth-order valence-electron chi connectivity index (χ4n) is 4.47. The molecule has 37 heavy (non-hydrogen) atoms. The van der Waals surface area contributed by atoms with Gasteiger partial charge < -0.3 is 10.1 Å². The molecule has 4 heterocycles. The molecule has 0 amide bonds. The highest BCUT2D eigenvalue weighted by Crippen LogP contribution is 2.45. The van der Waals surface area contributed by atoms with Crippen LogP contribution in [0.1, 0.15) is 62.5 Å². The van der Waals surface area contributed by atoms with Gasteiger partial charge in [-0.15, -0.1) is 11.8 Å². The molecule has 0 bridgehead atoms. The summed E-state index contributed by atoms with van der Waals surface area (Å²) in [7, 11) is 1.58. The van der Waals surface area contributed by atoms with Gasteiger partial charge in [-0.25, -0.2) is 34.9 Å². The molecule has 11 nitrogen and oxygen atoms in total. The third-order valence-electron chi connectivity index (χ3n) is 6.70. The van der Waals surface area contributed by atoms with Crippen LogP contribution in [0.25, 0.3) is 22.6 Å². The van der Waals surface area contributed by atoms with Crippen LogP contribution in [0.3, 0.4) is 0 Å². The SMILES string of the molecule is CCSc1cnc(CNc2nc3cnc(-c4c(OC)ncnc4C4CC4)nc3n(C3CCC3)c2=O)nc1. The van der Waals surface area contributed by atoms with Crippen LogP contribution in [-0.2, 0) is 6.54 Å². The molecular weight excluding hydrogens is 490 g/mol. The number of anilines is 1. The topological polar surface area (TPSA) is 133 Å². The van der Waals surface area contributed by atoms with Crippen LogP contribution in [0.2, 0.25) is 0 Å². The number of thioether (sulfide) groups is 1. The van der Waals surface area contributed by atoms with Crippen LogP contribution in [0.5, 0.6) is 5.88 Å². The molecule has 4 aromatic heterocycles. The lowest BCUT2D eigenvalue weighted by molar-refractivity contribution is 0.313. The minimum absolute atomic E-state index is 0.0692. The summed E-state index contributed by atoms with van der Waals surface area (Å²) < 4.78 is 7.30. The van der Waals surface area contributed by atoms with E-state index in [1.807, 2.05) is 0 Å². The van der Waals surface area contributed by atoms with Crippen LogP contribution in [0.4, 0.5) is 5.82 Å². The summed E-state index contributed by atoms with van der Waals surface area (Å²) in [6.45, 7) is 2.37. The van der Waals surface area contributed by atoms with E-state index in [-0.39, 0.29) is 24.0 Å². The van der Waals surface area contributed by atoms with Crippen molar-refractivity contribution >= 4 is 28.7 Å². The lowest BCUT2D eigenvalue weighted by Crippen LogP contribution is -2.32. The Labute approximate surface area is 217 Å². The first-order valence-electron chi connectivity index (χ1n) is 12.5. The fraction of sp³-hybridized carbons (Fsp3) is 0.440. The van der Waals surface area contributed by atoms with Crippen LogP contribution in [0.15, 0.2) is 34.6 Å². The van der Waals surface area contributed by atoms with Gasteiger partial charge in [0.1, 0.15) is 23.2 Å². The highest BCUT2D eigenvalue weighted by molar-refractivity contribution is 7.99. The van der Waals surface area contributed by atoms with Gasteiger partial charge in [0.05, 0.1) is 25.5 Å². The second kappa shape index (κ2) is 10.0. The van der Waals surface area contributed by atoms with Crippen molar-refractivity contribution in [2.45, 2.75) is 62.4 Å². The van der Waals surface area contributed by atoms with Crippen molar-refractivity contribution in [3.8, 4) is 17.3 Å². The first-order chi connectivity index (χ1) is 18.2. The number of methoxy groups -OCH3 is 1. The maximum absolute atomic E-state index is 13.6. The first kappa shape index (κ1) is 23.7. The molecule has 0 aliphatic heterocycles. The lowest BCUT2D eigenvalue weighted by atomic mass is 9.93. The van der Waals surface area contributed by atoms with Gasteiger partial charge in [-0.3, -0.25) is 9.36 Å². The number of fused-ring (bicyclic) bond motifs is 1. The van der Waals surface area contributed by atoms with Crippen molar-refractivity contribution in [1.29, 1.82) is 0 Å². The van der Waals surface area contributed by atoms with E-state index >= 15 is 0 Å². The molecule has 4 aromatic rings. The third kappa shape index (κ3) is 4.61. The second-order valence-electron chi connectivity index (χ2n) is 9.16. The van der Waals surface area contributed by atoms with Gasteiger partial charge in [0, 0.05) is 29.2 Å². The van der Waals surface area contributed by atoms with Crippen LogP contribution < -0.4 is 15.6 Å². The van der Waals surface area contributed by atoms with E-state index in [1.54, 1.807) is 42.0 Å².